The highest BCUT2D eigenvalue weighted by atomic mass is 35.5. The molecule has 6 nitrogen and oxygen atoms in total. The topological polar surface area (TPSA) is 75.7 Å². The van der Waals surface area contributed by atoms with Crippen LogP contribution in [0.5, 0.6) is 5.75 Å². The summed E-state index contributed by atoms with van der Waals surface area (Å²) in [6.07, 6.45) is 0.552. The summed E-state index contributed by atoms with van der Waals surface area (Å²) in [7, 11) is -2.19. The number of rotatable bonds is 5. The summed E-state index contributed by atoms with van der Waals surface area (Å²) in [5, 5.41) is -0.0836. The van der Waals surface area contributed by atoms with Crippen LogP contribution in [0.15, 0.2) is 41.3 Å². The van der Waals surface area contributed by atoms with Gasteiger partial charge in [-0.05, 0) is 49.4 Å². The van der Waals surface area contributed by atoms with Gasteiger partial charge in [0.2, 0.25) is 10.0 Å². The molecule has 0 radical (unpaired) electrons. The normalized spacial score (nSPS) is 13.6. The number of hydrogen-bond donors (Lipinski definition) is 1. The molecule has 1 heterocycles. The number of halogens is 2. The first-order valence-corrected chi connectivity index (χ1v) is 9.62. The highest BCUT2D eigenvalue weighted by molar-refractivity contribution is 7.89. The first kappa shape index (κ1) is 18.6. The summed E-state index contributed by atoms with van der Waals surface area (Å²) in [6, 6.07) is 8.49. The molecule has 1 amide bonds. The van der Waals surface area contributed by atoms with E-state index in [2.05, 4.69) is 4.72 Å². The van der Waals surface area contributed by atoms with Crippen LogP contribution in [-0.2, 0) is 21.2 Å². The van der Waals surface area contributed by atoms with E-state index < -0.39 is 15.8 Å². The van der Waals surface area contributed by atoms with Gasteiger partial charge in [-0.25, -0.2) is 17.5 Å². The number of fused-ring (bicyclic) bond motifs is 1. The van der Waals surface area contributed by atoms with Gasteiger partial charge >= 0.3 is 0 Å². The second kappa shape index (κ2) is 7.22. The van der Waals surface area contributed by atoms with Crippen molar-refractivity contribution in [1.29, 1.82) is 0 Å². The summed E-state index contributed by atoms with van der Waals surface area (Å²) < 4.78 is 44.5. The Hall–Kier alpha value is -2.16. The lowest BCUT2D eigenvalue weighted by molar-refractivity contribution is -0.120. The molecule has 0 spiro atoms. The first-order chi connectivity index (χ1) is 12.3. The van der Waals surface area contributed by atoms with Crippen LogP contribution in [0.4, 0.5) is 10.1 Å². The van der Waals surface area contributed by atoms with E-state index in [1.54, 1.807) is 12.1 Å². The van der Waals surface area contributed by atoms with Crippen LogP contribution in [0.25, 0.3) is 0 Å². The second-order valence-electron chi connectivity index (χ2n) is 5.66. The molecule has 138 valence electrons. The summed E-state index contributed by atoms with van der Waals surface area (Å²) in [5.74, 6) is -0.556. The maximum atomic E-state index is 13.1. The summed E-state index contributed by atoms with van der Waals surface area (Å²) in [5.41, 5.74) is 1.44. The summed E-state index contributed by atoms with van der Waals surface area (Å²) >= 11 is 5.68. The molecule has 26 heavy (non-hydrogen) atoms. The Bertz CT molecular complexity index is 965. The van der Waals surface area contributed by atoms with Crippen molar-refractivity contribution in [3.63, 3.8) is 0 Å². The van der Waals surface area contributed by atoms with Gasteiger partial charge in [0, 0.05) is 18.3 Å². The van der Waals surface area contributed by atoms with E-state index in [1.807, 2.05) is 0 Å². The zero-order valence-corrected chi connectivity index (χ0v) is 15.4. The molecular weight excluding hydrogens is 383 g/mol. The SMILES string of the molecule is CNS(=O)(=O)c1ccc2c(c1)CCN2C(=O)COc1ccc(F)c(Cl)c1. The van der Waals surface area contributed by atoms with Crippen LogP contribution in [0.3, 0.4) is 0 Å². The molecule has 0 unspecified atom stereocenters. The third-order valence-electron chi connectivity index (χ3n) is 4.08. The van der Waals surface area contributed by atoms with Crippen molar-refractivity contribution in [3.8, 4) is 5.75 Å². The molecule has 0 saturated carbocycles. The fourth-order valence-corrected chi connectivity index (χ4v) is 3.66. The minimum Gasteiger partial charge on any atom is -0.484 e. The van der Waals surface area contributed by atoms with Crippen LogP contribution in [0.2, 0.25) is 5.02 Å². The third kappa shape index (κ3) is 3.67. The molecule has 1 aliphatic rings. The van der Waals surface area contributed by atoms with Crippen LogP contribution < -0.4 is 14.4 Å². The molecule has 0 fully saturated rings. The van der Waals surface area contributed by atoms with Crippen LogP contribution in [0.1, 0.15) is 5.56 Å². The maximum absolute atomic E-state index is 13.1. The Kier molecular flexibility index (Phi) is 5.17. The fourth-order valence-electron chi connectivity index (χ4n) is 2.71. The van der Waals surface area contributed by atoms with E-state index in [4.69, 9.17) is 16.3 Å². The Labute approximate surface area is 155 Å². The Morgan fingerprint density at radius 1 is 1.31 bits per heavy atom. The molecular formula is C17H16ClFN2O4S. The molecule has 0 atom stereocenters. The van der Waals surface area contributed by atoms with Crippen LogP contribution in [-0.4, -0.2) is 34.5 Å². The number of nitrogens with one attached hydrogen (secondary N) is 1. The zero-order valence-electron chi connectivity index (χ0n) is 13.8. The molecule has 0 aromatic heterocycles. The number of carbonyl (C=O) groups is 1. The lowest BCUT2D eigenvalue weighted by Gasteiger charge is -2.18. The lowest BCUT2D eigenvalue weighted by atomic mass is 10.2. The van der Waals surface area contributed by atoms with E-state index in [9.17, 15) is 17.6 Å². The van der Waals surface area contributed by atoms with Gasteiger partial charge in [-0.2, -0.15) is 0 Å². The molecule has 0 saturated heterocycles. The Morgan fingerprint density at radius 3 is 2.77 bits per heavy atom. The molecule has 0 aliphatic carbocycles. The lowest BCUT2D eigenvalue weighted by Crippen LogP contribution is -2.33. The van der Waals surface area contributed by atoms with Crippen LogP contribution >= 0.6 is 11.6 Å². The van der Waals surface area contributed by atoms with E-state index in [0.29, 0.717) is 24.4 Å². The van der Waals surface area contributed by atoms with Gasteiger partial charge in [-0.15, -0.1) is 0 Å². The van der Waals surface area contributed by atoms with E-state index in [0.717, 1.165) is 11.6 Å². The summed E-state index contributed by atoms with van der Waals surface area (Å²) in [6.45, 7) is 0.197. The Balaban J connectivity index is 1.72. The van der Waals surface area contributed by atoms with Gasteiger partial charge in [-0.1, -0.05) is 11.6 Å². The molecule has 2 aromatic rings. The van der Waals surface area contributed by atoms with Crippen molar-refractivity contribution >= 4 is 33.2 Å². The van der Waals surface area contributed by atoms with E-state index in [1.165, 1.54) is 30.1 Å². The second-order valence-corrected chi connectivity index (χ2v) is 7.95. The number of carbonyl (C=O) groups excluding carboxylic acids is 1. The van der Waals surface area contributed by atoms with Gasteiger partial charge < -0.3 is 9.64 Å². The minimum atomic E-state index is -3.53. The molecule has 1 N–H and O–H groups in total. The Morgan fingerprint density at radius 2 is 2.08 bits per heavy atom. The van der Waals surface area contributed by atoms with Crippen molar-refractivity contribution in [1.82, 2.24) is 4.72 Å². The largest absolute Gasteiger partial charge is 0.484 e. The molecule has 1 aliphatic heterocycles. The third-order valence-corrected chi connectivity index (χ3v) is 5.78. The average Bonchev–Trinajstić information content (AvgIpc) is 3.05. The molecule has 3 rings (SSSR count). The zero-order chi connectivity index (χ0) is 18.9. The number of amides is 1. The number of hydrogen-bond acceptors (Lipinski definition) is 4. The molecule has 2 aromatic carbocycles. The quantitative estimate of drug-likeness (QED) is 0.838. The van der Waals surface area contributed by atoms with Crippen molar-refractivity contribution in [3.05, 3.63) is 52.8 Å². The minimum absolute atomic E-state index is 0.0836. The van der Waals surface area contributed by atoms with Crippen molar-refractivity contribution < 1.29 is 22.3 Å². The molecule has 9 heteroatoms. The number of benzene rings is 2. The average molecular weight is 399 g/mol. The predicted octanol–water partition coefficient (Wildman–Crippen LogP) is 2.36. The molecule has 0 bridgehead atoms. The van der Waals surface area contributed by atoms with E-state index >= 15 is 0 Å². The number of anilines is 1. The van der Waals surface area contributed by atoms with Crippen molar-refractivity contribution in [2.45, 2.75) is 11.3 Å². The van der Waals surface area contributed by atoms with Gasteiger partial charge in [0.05, 0.1) is 9.92 Å². The summed E-state index contributed by atoms with van der Waals surface area (Å²) in [4.78, 5) is 14.1. The number of nitrogens with zero attached hydrogens (tertiary/aromatic N) is 1. The highest BCUT2D eigenvalue weighted by Crippen LogP contribution is 2.30. The smallest absolute Gasteiger partial charge is 0.264 e. The monoisotopic (exact) mass is 398 g/mol. The fraction of sp³-hybridized carbons (Fsp3) is 0.235. The van der Waals surface area contributed by atoms with Gasteiger partial charge in [-0.3, -0.25) is 4.79 Å². The number of sulfonamides is 1. The van der Waals surface area contributed by atoms with Gasteiger partial charge in [0.15, 0.2) is 6.61 Å². The number of ether oxygens (including phenoxy) is 1. The maximum Gasteiger partial charge on any atom is 0.264 e. The predicted molar refractivity (Wildman–Crippen MR) is 95.6 cm³/mol. The standard InChI is InChI=1S/C17H16ClFN2O4S/c1-20-26(23,24)13-3-5-16-11(8-13)6-7-21(16)17(22)10-25-12-2-4-15(19)14(18)9-12/h2-5,8-9,20H,6-7,10H2,1H3. The van der Waals surface area contributed by atoms with Crippen molar-refractivity contribution in [2.24, 2.45) is 0 Å². The first-order valence-electron chi connectivity index (χ1n) is 7.76. The van der Waals surface area contributed by atoms with Gasteiger partial charge in [0.1, 0.15) is 11.6 Å². The van der Waals surface area contributed by atoms with Gasteiger partial charge in [0.25, 0.3) is 5.91 Å². The van der Waals surface area contributed by atoms with E-state index in [-0.39, 0.29) is 22.4 Å². The van der Waals surface area contributed by atoms with Crippen molar-refractivity contribution in [2.75, 3.05) is 25.1 Å². The van der Waals surface area contributed by atoms with Crippen LogP contribution in [0, 0.1) is 5.82 Å². The highest BCUT2D eigenvalue weighted by Gasteiger charge is 2.26.